The number of nitrogens with zero attached hydrogens (tertiary/aromatic N) is 1. The molecule has 2 aromatic carbocycles. The van der Waals surface area contributed by atoms with Crippen molar-refractivity contribution in [1.29, 1.82) is 0 Å². The van der Waals surface area contributed by atoms with Crippen LogP contribution in [0.3, 0.4) is 0 Å². The fourth-order valence-electron chi connectivity index (χ4n) is 2.59. The fourth-order valence-corrected chi connectivity index (χ4v) is 3.43. The summed E-state index contributed by atoms with van der Waals surface area (Å²) in [6, 6.07) is 11.2. The molecule has 1 amide bonds. The number of allylic oxidation sites excluding steroid dienone is 1. The van der Waals surface area contributed by atoms with Crippen LogP contribution in [-0.4, -0.2) is 16.7 Å². The third-order valence-electron chi connectivity index (χ3n) is 3.80. The summed E-state index contributed by atoms with van der Waals surface area (Å²) < 4.78 is 0.926. The molecule has 1 N–H and O–H groups in total. The fraction of sp³-hybridized carbons (Fsp3) is 0.150. The van der Waals surface area contributed by atoms with Crippen LogP contribution in [-0.2, 0) is 0 Å². The average Bonchev–Trinajstić information content (AvgIpc) is 2.98. The van der Waals surface area contributed by atoms with Crippen molar-refractivity contribution in [3.8, 4) is 0 Å². The van der Waals surface area contributed by atoms with Gasteiger partial charge in [0.15, 0.2) is 10.8 Å². The number of carbonyl (C=O) groups is 2. The molecular weight excluding hydrogens is 332 g/mol. The molecule has 0 radical (unpaired) electrons. The molecule has 0 spiro atoms. The van der Waals surface area contributed by atoms with Crippen molar-refractivity contribution in [2.45, 2.75) is 20.8 Å². The summed E-state index contributed by atoms with van der Waals surface area (Å²) >= 11 is 1.36. The Morgan fingerprint density at radius 2 is 1.96 bits per heavy atom. The van der Waals surface area contributed by atoms with Gasteiger partial charge in [-0.2, -0.15) is 0 Å². The summed E-state index contributed by atoms with van der Waals surface area (Å²) in [6.07, 6.45) is 3.96. The minimum Gasteiger partial charge on any atom is -0.322 e. The minimum atomic E-state index is -0.161. The summed E-state index contributed by atoms with van der Waals surface area (Å²) in [5, 5.41) is 3.38. The van der Waals surface area contributed by atoms with E-state index in [2.05, 4.69) is 10.3 Å². The van der Waals surface area contributed by atoms with Gasteiger partial charge in [-0.3, -0.25) is 9.59 Å². The van der Waals surface area contributed by atoms with Crippen molar-refractivity contribution in [3.63, 3.8) is 0 Å². The number of rotatable bonds is 4. The van der Waals surface area contributed by atoms with E-state index < -0.39 is 0 Å². The van der Waals surface area contributed by atoms with Gasteiger partial charge in [0.25, 0.3) is 5.91 Å². The molecular formula is C20H18N2O2S. The van der Waals surface area contributed by atoms with Gasteiger partial charge in [0, 0.05) is 18.2 Å². The lowest BCUT2D eigenvalue weighted by Crippen LogP contribution is -2.13. The van der Waals surface area contributed by atoms with Gasteiger partial charge in [-0.1, -0.05) is 24.3 Å². The summed E-state index contributed by atoms with van der Waals surface area (Å²) in [6.45, 7) is 5.38. The molecule has 1 aromatic heterocycles. The van der Waals surface area contributed by atoms with Crippen LogP contribution in [0.4, 0.5) is 5.69 Å². The number of hydrogen-bond acceptors (Lipinski definition) is 4. The number of thiazole rings is 1. The van der Waals surface area contributed by atoms with Crippen LogP contribution in [0.1, 0.15) is 45.1 Å². The van der Waals surface area contributed by atoms with Gasteiger partial charge in [-0.25, -0.2) is 4.98 Å². The van der Waals surface area contributed by atoms with Gasteiger partial charge in [-0.15, -0.1) is 11.3 Å². The van der Waals surface area contributed by atoms with Crippen molar-refractivity contribution in [3.05, 3.63) is 64.2 Å². The van der Waals surface area contributed by atoms with Gasteiger partial charge in [0.2, 0.25) is 0 Å². The van der Waals surface area contributed by atoms with E-state index in [1.165, 1.54) is 18.3 Å². The maximum absolute atomic E-state index is 12.6. The van der Waals surface area contributed by atoms with E-state index in [4.69, 9.17) is 0 Å². The number of ketones is 1. The van der Waals surface area contributed by atoms with E-state index in [1.54, 1.807) is 6.07 Å². The van der Waals surface area contributed by atoms with Crippen LogP contribution in [0, 0.1) is 6.92 Å². The Balaban J connectivity index is 1.85. The topological polar surface area (TPSA) is 59.1 Å². The van der Waals surface area contributed by atoms with E-state index in [9.17, 15) is 9.59 Å². The van der Waals surface area contributed by atoms with Crippen molar-refractivity contribution in [2.75, 3.05) is 5.32 Å². The summed E-state index contributed by atoms with van der Waals surface area (Å²) in [5.74, 6) is -0.213. The lowest BCUT2D eigenvalue weighted by molar-refractivity contribution is 0.101. The highest BCUT2D eigenvalue weighted by Gasteiger charge is 2.12. The van der Waals surface area contributed by atoms with Crippen LogP contribution in [0.5, 0.6) is 0 Å². The van der Waals surface area contributed by atoms with Crippen molar-refractivity contribution in [2.24, 2.45) is 0 Å². The molecule has 0 aliphatic rings. The lowest BCUT2D eigenvalue weighted by Gasteiger charge is -2.08. The zero-order chi connectivity index (χ0) is 18.0. The first-order valence-corrected chi connectivity index (χ1v) is 8.76. The van der Waals surface area contributed by atoms with Gasteiger partial charge in [-0.05, 0) is 49.2 Å². The SMILES string of the molecule is C/C=C/c1ccc(C(=O)Nc2ccc3sc(C(C)=O)nc3c2)c(C)c1. The summed E-state index contributed by atoms with van der Waals surface area (Å²) in [5.41, 5.74) is 4.00. The molecule has 0 aliphatic carbocycles. The number of anilines is 1. The van der Waals surface area contributed by atoms with Gasteiger partial charge in [0.05, 0.1) is 10.2 Å². The largest absolute Gasteiger partial charge is 0.322 e. The van der Waals surface area contributed by atoms with Crippen molar-refractivity contribution < 1.29 is 9.59 Å². The van der Waals surface area contributed by atoms with E-state index >= 15 is 0 Å². The van der Waals surface area contributed by atoms with Crippen molar-refractivity contribution in [1.82, 2.24) is 4.98 Å². The predicted molar refractivity (Wildman–Crippen MR) is 103 cm³/mol. The third-order valence-corrected chi connectivity index (χ3v) is 4.94. The molecule has 4 nitrogen and oxygen atoms in total. The molecule has 3 rings (SSSR count). The number of aromatic nitrogens is 1. The van der Waals surface area contributed by atoms with Crippen LogP contribution < -0.4 is 5.32 Å². The molecule has 0 aliphatic heterocycles. The Hall–Kier alpha value is -2.79. The molecule has 25 heavy (non-hydrogen) atoms. The number of benzene rings is 2. The maximum atomic E-state index is 12.6. The zero-order valence-electron chi connectivity index (χ0n) is 14.3. The molecule has 1 heterocycles. The molecule has 0 saturated carbocycles. The number of amides is 1. The molecule has 0 atom stereocenters. The van der Waals surface area contributed by atoms with Gasteiger partial charge >= 0.3 is 0 Å². The molecule has 126 valence electrons. The Labute approximate surface area is 150 Å². The number of hydrogen-bond donors (Lipinski definition) is 1. The normalized spacial score (nSPS) is 11.2. The first-order valence-electron chi connectivity index (χ1n) is 7.94. The second-order valence-corrected chi connectivity index (χ2v) is 6.82. The first-order chi connectivity index (χ1) is 12.0. The second-order valence-electron chi connectivity index (χ2n) is 5.79. The minimum absolute atomic E-state index is 0.0522. The monoisotopic (exact) mass is 350 g/mol. The van der Waals surface area contributed by atoms with E-state index in [0.29, 0.717) is 21.8 Å². The zero-order valence-corrected chi connectivity index (χ0v) is 15.1. The highest BCUT2D eigenvalue weighted by molar-refractivity contribution is 7.20. The molecule has 0 bridgehead atoms. The number of aryl methyl sites for hydroxylation is 1. The predicted octanol–water partition coefficient (Wildman–Crippen LogP) is 5.09. The quantitative estimate of drug-likeness (QED) is 0.667. The van der Waals surface area contributed by atoms with Crippen LogP contribution in [0.2, 0.25) is 0 Å². The summed E-state index contributed by atoms with van der Waals surface area (Å²) in [7, 11) is 0. The highest BCUT2D eigenvalue weighted by Crippen LogP contribution is 2.25. The highest BCUT2D eigenvalue weighted by atomic mass is 32.1. The van der Waals surface area contributed by atoms with E-state index in [1.807, 2.05) is 56.3 Å². The van der Waals surface area contributed by atoms with Crippen molar-refractivity contribution >= 4 is 45.0 Å². The average molecular weight is 350 g/mol. The molecule has 5 heteroatoms. The molecule has 0 unspecified atom stereocenters. The molecule has 3 aromatic rings. The first kappa shape index (κ1) is 17.0. The smallest absolute Gasteiger partial charge is 0.255 e. The van der Waals surface area contributed by atoms with Gasteiger partial charge < -0.3 is 5.32 Å². The third kappa shape index (κ3) is 3.67. The Kier molecular flexibility index (Phi) is 4.76. The van der Waals surface area contributed by atoms with Crippen LogP contribution in [0.15, 0.2) is 42.5 Å². The Morgan fingerprint density at radius 1 is 1.16 bits per heavy atom. The maximum Gasteiger partial charge on any atom is 0.255 e. The molecule has 0 fully saturated rings. The summed E-state index contributed by atoms with van der Waals surface area (Å²) in [4.78, 5) is 28.3. The standard InChI is InChI=1S/C20H18N2O2S/c1-4-5-14-6-8-16(12(2)10-14)19(24)21-15-7-9-18-17(11-15)22-20(25-18)13(3)23/h4-11H,1-3H3,(H,21,24)/b5-4+. The number of Topliss-reactive ketones (excluding diaryl/α,β-unsaturated/α-hetero) is 1. The van der Waals surface area contributed by atoms with Crippen LogP contribution in [0.25, 0.3) is 16.3 Å². The van der Waals surface area contributed by atoms with E-state index in [0.717, 1.165) is 15.8 Å². The number of nitrogens with one attached hydrogen (secondary N) is 1. The second kappa shape index (κ2) is 6.99. The molecule has 0 saturated heterocycles. The number of carbonyl (C=O) groups excluding carboxylic acids is 2. The Bertz CT molecular complexity index is 1000. The van der Waals surface area contributed by atoms with E-state index in [-0.39, 0.29) is 11.7 Å². The lowest BCUT2D eigenvalue weighted by atomic mass is 10.0. The Morgan fingerprint density at radius 3 is 2.64 bits per heavy atom. The number of fused-ring (bicyclic) bond motifs is 1. The van der Waals surface area contributed by atoms with Gasteiger partial charge in [0.1, 0.15) is 0 Å². The van der Waals surface area contributed by atoms with Crippen LogP contribution >= 0.6 is 11.3 Å².